The summed E-state index contributed by atoms with van der Waals surface area (Å²) in [5, 5.41) is 4.72. The van der Waals surface area contributed by atoms with Crippen LogP contribution in [0.3, 0.4) is 0 Å². The molecule has 1 N–H and O–H groups in total. The van der Waals surface area contributed by atoms with Crippen LogP contribution in [0.25, 0.3) is 0 Å². The van der Waals surface area contributed by atoms with E-state index < -0.39 is 11.7 Å². The normalized spacial score (nSPS) is 18.9. The summed E-state index contributed by atoms with van der Waals surface area (Å²) < 4.78 is 5.23. The van der Waals surface area contributed by atoms with Gasteiger partial charge in [0, 0.05) is 19.6 Å². The van der Waals surface area contributed by atoms with Crippen molar-refractivity contribution in [3.05, 3.63) is 22.4 Å². The molecule has 1 aromatic heterocycles. The third kappa shape index (κ3) is 5.02. The maximum atomic E-state index is 12.4. The number of hydrogen-bond donors (Lipinski definition) is 1. The first-order chi connectivity index (χ1) is 10.3. The van der Waals surface area contributed by atoms with Crippen molar-refractivity contribution in [2.75, 3.05) is 19.6 Å². The summed E-state index contributed by atoms with van der Waals surface area (Å²) in [6, 6.07) is 3.75. The molecule has 1 fully saturated rings. The van der Waals surface area contributed by atoms with E-state index in [0.717, 1.165) is 24.3 Å². The lowest BCUT2D eigenvalue weighted by molar-refractivity contribution is 0.0503. The SMILES string of the molecule is CC(C)(C)OC(=O)NC[C@H]1CCCN(C(=O)c2cccs2)C1. The standard InChI is InChI=1S/C16H24N2O3S/c1-16(2,3)21-15(20)17-10-12-6-4-8-18(11-12)14(19)13-7-5-9-22-13/h5,7,9,12H,4,6,8,10-11H2,1-3H3,(H,17,20)/t12-/m1/s1. The van der Waals surface area contributed by atoms with E-state index in [1.807, 2.05) is 43.2 Å². The molecule has 0 aliphatic carbocycles. The number of ether oxygens (including phenoxy) is 1. The number of likely N-dealkylation sites (tertiary alicyclic amines) is 1. The van der Waals surface area contributed by atoms with Gasteiger partial charge in [0.15, 0.2) is 0 Å². The smallest absolute Gasteiger partial charge is 0.407 e. The van der Waals surface area contributed by atoms with Gasteiger partial charge in [-0.3, -0.25) is 4.79 Å². The van der Waals surface area contributed by atoms with Crippen LogP contribution in [0.5, 0.6) is 0 Å². The Labute approximate surface area is 135 Å². The molecule has 0 bridgehead atoms. The van der Waals surface area contributed by atoms with Gasteiger partial charge in [-0.25, -0.2) is 4.79 Å². The fourth-order valence-electron chi connectivity index (χ4n) is 2.51. The Kier molecular flexibility index (Phi) is 5.45. The van der Waals surface area contributed by atoms with Crippen molar-refractivity contribution >= 4 is 23.3 Å². The van der Waals surface area contributed by atoms with Crippen LogP contribution >= 0.6 is 11.3 Å². The van der Waals surface area contributed by atoms with Crippen LogP contribution in [-0.2, 0) is 4.74 Å². The Balaban J connectivity index is 1.81. The van der Waals surface area contributed by atoms with Crippen molar-refractivity contribution in [2.24, 2.45) is 5.92 Å². The summed E-state index contributed by atoms with van der Waals surface area (Å²) in [4.78, 5) is 26.7. The first-order valence-electron chi connectivity index (χ1n) is 7.65. The number of amides is 2. The molecule has 122 valence electrons. The Hall–Kier alpha value is -1.56. The summed E-state index contributed by atoms with van der Waals surface area (Å²) in [6.45, 7) is 7.55. The van der Waals surface area contributed by atoms with E-state index in [-0.39, 0.29) is 11.8 Å². The average Bonchev–Trinajstić information content (AvgIpc) is 2.97. The fourth-order valence-corrected chi connectivity index (χ4v) is 3.20. The molecule has 2 heterocycles. The summed E-state index contributed by atoms with van der Waals surface area (Å²) in [5.74, 6) is 0.377. The Morgan fingerprint density at radius 2 is 2.23 bits per heavy atom. The van der Waals surface area contributed by atoms with Crippen molar-refractivity contribution in [2.45, 2.75) is 39.2 Å². The molecule has 5 nitrogen and oxygen atoms in total. The number of nitrogens with zero attached hydrogens (tertiary/aromatic N) is 1. The number of carbonyl (C=O) groups is 2. The van der Waals surface area contributed by atoms with Crippen LogP contribution in [0, 0.1) is 5.92 Å². The monoisotopic (exact) mass is 324 g/mol. The zero-order valence-corrected chi connectivity index (χ0v) is 14.2. The minimum Gasteiger partial charge on any atom is -0.444 e. The first kappa shape index (κ1) is 16.8. The van der Waals surface area contributed by atoms with E-state index in [9.17, 15) is 9.59 Å². The van der Waals surface area contributed by atoms with E-state index in [1.165, 1.54) is 11.3 Å². The number of alkyl carbamates (subject to hydrolysis) is 1. The van der Waals surface area contributed by atoms with Gasteiger partial charge < -0.3 is 15.0 Å². The zero-order chi connectivity index (χ0) is 16.2. The molecule has 1 atom stereocenters. The summed E-state index contributed by atoms with van der Waals surface area (Å²) in [6.07, 6.45) is 1.59. The van der Waals surface area contributed by atoms with Crippen LogP contribution < -0.4 is 5.32 Å². The van der Waals surface area contributed by atoms with E-state index in [2.05, 4.69) is 5.32 Å². The van der Waals surface area contributed by atoms with Crippen LogP contribution in [0.1, 0.15) is 43.3 Å². The second kappa shape index (κ2) is 7.13. The van der Waals surface area contributed by atoms with Crippen molar-refractivity contribution in [1.82, 2.24) is 10.2 Å². The molecule has 0 aromatic carbocycles. The Morgan fingerprint density at radius 1 is 1.45 bits per heavy atom. The Bertz CT molecular complexity index is 508. The van der Waals surface area contributed by atoms with Gasteiger partial charge in [-0.05, 0) is 51.0 Å². The summed E-state index contributed by atoms with van der Waals surface area (Å²) in [7, 11) is 0. The van der Waals surface area contributed by atoms with Crippen molar-refractivity contribution in [3.8, 4) is 0 Å². The molecule has 0 radical (unpaired) electrons. The molecule has 22 heavy (non-hydrogen) atoms. The number of hydrogen-bond acceptors (Lipinski definition) is 4. The highest BCUT2D eigenvalue weighted by Gasteiger charge is 2.25. The summed E-state index contributed by atoms with van der Waals surface area (Å²) in [5.41, 5.74) is -0.488. The molecule has 1 saturated heterocycles. The predicted octanol–water partition coefficient (Wildman–Crippen LogP) is 3.13. The lowest BCUT2D eigenvalue weighted by Gasteiger charge is -2.32. The lowest BCUT2D eigenvalue weighted by Crippen LogP contribution is -2.44. The van der Waals surface area contributed by atoms with Crippen LogP contribution in [0.15, 0.2) is 17.5 Å². The van der Waals surface area contributed by atoms with E-state index in [4.69, 9.17) is 4.74 Å². The molecule has 1 aliphatic rings. The van der Waals surface area contributed by atoms with Crippen LogP contribution in [-0.4, -0.2) is 42.1 Å². The zero-order valence-electron chi connectivity index (χ0n) is 13.4. The highest BCUT2D eigenvalue weighted by atomic mass is 32.1. The van der Waals surface area contributed by atoms with Crippen molar-refractivity contribution < 1.29 is 14.3 Å². The van der Waals surface area contributed by atoms with Gasteiger partial charge in [0.2, 0.25) is 0 Å². The minimum absolute atomic E-state index is 0.0944. The first-order valence-corrected chi connectivity index (χ1v) is 8.53. The molecule has 2 amide bonds. The largest absolute Gasteiger partial charge is 0.444 e. The van der Waals surface area contributed by atoms with Crippen molar-refractivity contribution in [3.63, 3.8) is 0 Å². The highest BCUT2D eigenvalue weighted by Crippen LogP contribution is 2.20. The quantitative estimate of drug-likeness (QED) is 0.929. The maximum absolute atomic E-state index is 12.4. The molecule has 0 saturated carbocycles. The molecule has 2 rings (SSSR count). The average molecular weight is 324 g/mol. The van der Waals surface area contributed by atoms with Gasteiger partial charge in [-0.15, -0.1) is 11.3 Å². The highest BCUT2D eigenvalue weighted by molar-refractivity contribution is 7.12. The van der Waals surface area contributed by atoms with Gasteiger partial charge >= 0.3 is 6.09 Å². The summed E-state index contributed by atoms with van der Waals surface area (Å²) >= 11 is 1.47. The van der Waals surface area contributed by atoms with Crippen molar-refractivity contribution in [1.29, 1.82) is 0 Å². The molecule has 1 aliphatic heterocycles. The number of thiophene rings is 1. The molecule has 1 aromatic rings. The second-order valence-electron chi connectivity index (χ2n) is 6.62. The lowest BCUT2D eigenvalue weighted by atomic mass is 9.98. The topological polar surface area (TPSA) is 58.6 Å². The molecule has 0 spiro atoms. The minimum atomic E-state index is -0.488. The second-order valence-corrected chi connectivity index (χ2v) is 7.57. The third-order valence-electron chi connectivity index (χ3n) is 3.47. The molecular weight excluding hydrogens is 300 g/mol. The molecule has 6 heteroatoms. The number of rotatable bonds is 3. The molecular formula is C16H24N2O3S. The van der Waals surface area contributed by atoms with E-state index in [1.54, 1.807) is 0 Å². The number of nitrogens with one attached hydrogen (secondary N) is 1. The van der Waals surface area contributed by atoms with Gasteiger partial charge in [0.25, 0.3) is 5.91 Å². The fraction of sp³-hybridized carbons (Fsp3) is 0.625. The van der Waals surface area contributed by atoms with Gasteiger partial charge in [-0.1, -0.05) is 6.07 Å². The van der Waals surface area contributed by atoms with E-state index >= 15 is 0 Å². The van der Waals surface area contributed by atoms with Gasteiger partial charge in [0.1, 0.15) is 5.60 Å². The Morgan fingerprint density at radius 3 is 2.86 bits per heavy atom. The van der Waals surface area contributed by atoms with Crippen LogP contribution in [0.4, 0.5) is 4.79 Å². The maximum Gasteiger partial charge on any atom is 0.407 e. The predicted molar refractivity (Wildman–Crippen MR) is 87.2 cm³/mol. The number of piperidine rings is 1. The number of carbonyl (C=O) groups excluding carboxylic acids is 2. The van der Waals surface area contributed by atoms with E-state index in [0.29, 0.717) is 13.1 Å². The third-order valence-corrected chi connectivity index (χ3v) is 4.33. The van der Waals surface area contributed by atoms with Gasteiger partial charge in [0.05, 0.1) is 4.88 Å². The molecule has 0 unspecified atom stereocenters. The van der Waals surface area contributed by atoms with Crippen LogP contribution in [0.2, 0.25) is 0 Å². The van der Waals surface area contributed by atoms with Gasteiger partial charge in [-0.2, -0.15) is 0 Å².